The zero-order chi connectivity index (χ0) is 12.4. The number of aromatic carboxylic acids is 1. The summed E-state index contributed by atoms with van der Waals surface area (Å²) in [5, 5.41) is 9.20. The molecule has 0 aliphatic rings. The molecule has 2 aromatic rings. The molecule has 4 nitrogen and oxygen atoms in total. The summed E-state index contributed by atoms with van der Waals surface area (Å²) in [5.41, 5.74) is 1.71. The van der Waals surface area contributed by atoms with Crippen molar-refractivity contribution in [2.24, 2.45) is 0 Å². The van der Waals surface area contributed by atoms with Crippen molar-refractivity contribution in [3.8, 4) is 11.4 Å². The zero-order valence-corrected chi connectivity index (χ0v) is 9.68. The lowest BCUT2D eigenvalue weighted by Crippen LogP contribution is -2.08. The van der Waals surface area contributed by atoms with Crippen molar-refractivity contribution in [1.29, 1.82) is 0 Å². The number of para-hydroxylation sites is 2. The van der Waals surface area contributed by atoms with Crippen molar-refractivity contribution in [2.75, 3.05) is 7.11 Å². The molecule has 0 amide bonds. The van der Waals surface area contributed by atoms with Gasteiger partial charge in [0.05, 0.1) is 12.8 Å². The fraction of sp³-hybridized carbons (Fsp3) is 0.154. The number of ether oxygens (including phenoxy) is 1. The van der Waals surface area contributed by atoms with Crippen molar-refractivity contribution in [3.05, 3.63) is 47.8 Å². The van der Waals surface area contributed by atoms with E-state index in [1.807, 2.05) is 18.2 Å². The Bertz CT molecular complexity index is 558. The maximum Gasteiger partial charge on any atom is 0.353 e. The minimum atomic E-state index is -0.946. The molecule has 1 aromatic carbocycles. The van der Waals surface area contributed by atoms with E-state index in [1.54, 1.807) is 36.9 Å². The Morgan fingerprint density at radius 1 is 1.29 bits per heavy atom. The van der Waals surface area contributed by atoms with Crippen LogP contribution in [0.3, 0.4) is 0 Å². The molecule has 17 heavy (non-hydrogen) atoms. The maximum atomic E-state index is 11.2. The van der Waals surface area contributed by atoms with Gasteiger partial charge in [0.25, 0.3) is 0 Å². The number of carboxylic acid groups (broad SMARTS) is 1. The van der Waals surface area contributed by atoms with Gasteiger partial charge in [0, 0.05) is 6.20 Å². The van der Waals surface area contributed by atoms with Gasteiger partial charge in [0.1, 0.15) is 11.4 Å². The highest BCUT2D eigenvalue weighted by Crippen LogP contribution is 2.25. The van der Waals surface area contributed by atoms with Gasteiger partial charge in [0.2, 0.25) is 0 Å². The lowest BCUT2D eigenvalue weighted by atomic mass is 10.2. The summed E-state index contributed by atoms with van der Waals surface area (Å²) in [6.07, 6.45) is 1.73. The standard InChI is InChI=1S/C13H13NO3/c1-9-7-8-14(12(9)13(15)16)10-5-3-4-6-11(10)17-2/h3-8H,1-2H3,(H,15,16). The molecule has 0 aliphatic heterocycles. The number of aromatic nitrogens is 1. The van der Waals surface area contributed by atoms with Crippen LogP contribution in [0.2, 0.25) is 0 Å². The van der Waals surface area contributed by atoms with Gasteiger partial charge < -0.3 is 14.4 Å². The highest BCUT2D eigenvalue weighted by Gasteiger charge is 2.16. The Kier molecular flexibility index (Phi) is 2.87. The van der Waals surface area contributed by atoms with Crippen molar-refractivity contribution >= 4 is 5.97 Å². The van der Waals surface area contributed by atoms with E-state index in [0.717, 1.165) is 11.3 Å². The lowest BCUT2D eigenvalue weighted by Gasteiger charge is -2.11. The van der Waals surface area contributed by atoms with Crippen LogP contribution < -0.4 is 4.74 Å². The Morgan fingerprint density at radius 3 is 2.65 bits per heavy atom. The zero-order valence-electron chi connectivity index (χ0n) is 9.68. The number of carboxylic acids is 1. The van der Waals surface area contributed by atoms with E-state index in [2.05, 4.69) is 0 Å². The Balaban J connectivity index is 2.65. The summed E-state index contributed by atoms with van der Waals surface area (Å²) in [6.45, 7) is 1.77. The molecule has 1 aromatic heterocycles. The molecule has 0 unspecified atom stereocenters. The number of rotatable bonds is 3. The molecule has 1 heterocycles. The van der Waals surface area contributed by atoms with E-state index < -0.39 is 5.97 Å². The summed E-state index contributed by atoms with van der Waals surface area (Å²) in [5.74, 6) is -0.302. The van der Waals surface area contributed by atoms with E-state index in [1.165, 1.54) is 0 Å². The van der Waals surface area contributed by atoms with Crippen LogP contribution in [0.4, 0.5) is 0 Å². The largest absolute Gasteiger partial charge is 0.495 e. The molecular formula is C13H13NO3. The minimum absolute atomic E-state index is 0.259. The summed E-state index contributed by atoms with van der Waals surface area (Å²) < 4.78 is 6.85. The predicted octanol–water partition coefficient (Wildman–Crippen LogP) is 2.49. The van der Waals surface area contributed by atoms with Gasteiger partial charge >= 0.3 is 5.97 Å². The molecule has 4 heteroatoms. The van der Waals surface area contributed by atoms with Gasteiger partial charge in [0.15, 0.2) is 0 Å². The van der Waals surface area contributed by atoms with Crippen LogP contribution in [0.5, 0.6) is 5.75 Å². The molecule has 2 rings (SSSR count). The topological polar surface area (TPSA) is 51.5 Å². The normalized spacial score (nSPS) is 10.2. The van der Waals surface area contributed by atoms with Gasteiger partial charge in [-0.1, -0.05) is 12.1 Å². The first kappa shape index (κ1) is 11.3. The van der Waals surface area contributed by atoms with Gasteiger partial charge in [-0.25, -0.2) is 4.79 Å². The minimum Gasteiger partial charge on any atom is -0.495 e. The fourth-order valence-corrected chi connectivity index (χ4v) is 1.83. The Hall–Kier alpha value is -2.23. The SMILES string of the molecule is COc1ccccc1-n1ccc(C)c1C(=O)O. The maximum absolute atomic E-state index is 11.2. The predicted molar refractivity (Wildman–Crippen MR) is 64.0 cm³/mol. The summed E-state index contributed by atoms with van der Waals surface area (Å²) in [4.78, 5) is 11.2. The molecule has 88 valence electrons. The second kappa shape index (κ2) is 4.33. The summed E-state index contributed by atoms with van der Waals surface area (Å²) in [7, 11) is 1.57. The summed E-state index contributed by atoms with van der Waals surface area (Å²) >= 11 is 0. The molecule has 0 saturated heterocycles. The van der Waals surface area contributed by atoms with Gasteiger partial charge in [-0.05, 0) is 30.7 Å². The lowest BCUT2D eigenvalue weighted by molar-refractivity contribution is 0.0687. The molecule has 0 bridgehead atoms. The number of aryl methyl sites for hydroxylation is 1. The summed E-state index contributed by atoms with van der Waals surface area (Å²) in [6, 6.07) is 9.09. The molecule has 0 spiro atoms. The molecular weight excluding hydrogens is 218 g/mol. The number of methoxy groups -OCH3 is 1. The van der Waals surface area contributed by atoms with Crippen LogP contribution in [-0.4, -0.2) is 22.8 Å². The average Bonchev–Trinajstić information content (AvgIpc) is 2.71. The number of hydrogen-bond donors (Lipinski definition) is 1. The van der Waals surface area contributed by atoms with Crippen LogP contribution in [0, 0.1) is 6.92 Å². The van der Waals surface area contributed by atoms with Crippen LogP contribution in [0.15, 0.2) is 36.5 Å². The first-order valence-corrected chi connectivity index (χ1v) is 5.19. The monoisotopic (exact) mass is 231 g/mol. The van der Waals surface area contributed by atoms with Gasteiger partial charge in [-0.3, -0.25) is 0 Å². The number of carbonyl (C=O) groups is 1. The second-order valence-electron chi connectivity index (χ2n) is 3.69. The van der Waals surface area contributed by atoms with Crippen molar-refractivity contribution < 1.29 is 14.6 Å². The van der Waals surface area contributed by atoms with Crippen LogP contribution in [0.1, 0.15) is 16.1 Å². The number of benzene rings is 1. The Morgan fingerprint density at radius 2 is 2.00 bits per heavy atom. The van der Waals surface area contributed by atoms with Crippen LogP contribution in [0.25, 0.3) is 5.69 Å². The van der Waals surface area contributed by atoms with Crippen molar-refractivity contribution in [2.45, 2.75) is 6.92 Å². The van der Waals surface area contributed by atoms with E-state index >= 15 is 0 Å². The second-order valence-corrected chi connectivity index (χ2v) is 3.69. The third-order valence-electron chi connectivity index (χ3n) is 2.64. The third-order valence-corrected chi connectivity index (χ3v) is 2.64. The third kappa shape index (κ3) is 1.89. The fourth-order valence-electron chi connectivity index (χ4n) is 1.83. The molecule has 0 atom stereocenters. The Labute approximate surface area is 99.1 Å². The highest BCUT2D eigenvalue weighted by atomic mass is 16.5. The first-order valence-electron chi connectivity index (χ1n) is 5.19. The smallest absolute Gasteiger partial charge is 0.353 e. The molecule has 0 fully saturated rings. The van der Waals surface area contributed by atoms with E-state index in [0.29, 0.717) is 5.75 Å². The highest BCUT2D eigenvalue weighted by molar-refractivity contribution is 5.88. The van der Waals surface area contributed by atoms with E-state index in [-0.39, 0.29) is 5.69 Å². The first-order chi connectivity index (χ1) is 8.15. The molecule has 0 radical (unpaired) electrons. The van der Waals surface area contributed by atoms with Crippen LogP contribution >= 0.6 is 0 Å². The van der Waals surface area contributed by atoms with Gasteiger partial charge in [-0.2, -0.15) is 0 Å². The molecule has 1 N–H and O–H groups in total. The quantitative estimate of drug-likeness (QED) is 0.882. The number of nitrogens with zero attached hydrogens (tertiary/aromatic N) is 1. The molecule has 0 aliphatic carbocycles. The van der Waals surface area contributed by atoms with Crippen LogP contribution in [-0.2, 0) is 0 Å². The average molecular weight is 231 g/mol. The van der Waals surface area contributed by atoms with E-state index in [4.69, 9.17) is 4.74 Å². The van der Waals surface area contributed by atoms with Crippen molar-refractivity contribution in [1.82, 2.24) is 4.57 Å². The molecule has 0 saturated carbocycles. The van der Waals surface area contributed by atoms with Gasteiger partial charge in [-0.15, -0.1) is 0 Å². The van der Waals surface area contributed by atoms with Crippen molar-refractivity contribution in [3.63, 3.8) is 0 Å². The van der Waals surface area contributed by atoms with E-state index in [9.17, 15) is 9.90 Å². The number of hydrogen-bond acceptors (Lipinski definition) is 2.